The van der Waals surface area contributed by atoms with Gasteiger partial charge in [-0.25, -0.2) is 9.07 Å². The van der Waals surface area contributed by atoms with E-state index in [1.807, 2.05) is 55.1 Å². The number of aromatic nitrogens is 4. The first-order valence-corrected chi connectivity index (χ1v) is 9.75. The third-order valence-corrected chi connectivity index (χ3v) is 5.12. The molecule has 6 nitrogen and oxygen atoms in total. The quantitative estimate of drug-likeness (QED) is 0.481. The highest BCUT2D eigenvalue weighted by molar-refractivity contribution is 5.63. The number of aryl methyl sites for hydroxylation is 2. The van der Waals surface area contributed by atoms with Crippen molar-refractivity contribution in [1.29, 1.82) is 0 Å². The van der Waals surface area contributed by atoms with Crippen molar-refractivity contribution in [1.82, 2.24) is 25.3 Å². The van der Waals surface area contributed by atoms with Crippen LogP contribution in [0.25, 0.3) is 16.9 Å². The van der Waals surface area contributed by atoms with Crippen molar-refractivity contribution in [3.8, 4) is 22.7 Å². The maximum absolute atomic E-state index is 13.8. The summed E-state index contributed by atoms with van der Waals surface area (Å²) >= 11 is 0. The number of benzene rings is 2. The first-order valence-electron chi connectivity index (χ1n) is 9.75. The van der Waals surface area contributed by atoms with Crippen LogP contribution in [0.2, 0.25) is 0 Å². The molecule has 154 valence electrons. The molecule has 2 heterocycles. The number of halogens is 1. The van der Waals surface area contributed by atoms with E-state index in [0.29, 0.717) is 13.1 Å². The molecule has 0 aliphatic rings. The fourth-order valence-electron chi connectivity index (χ4n) is 3.44. The topological polar surface area (TPSA) is 67.8 Å². The minimum absolute atomic E-state index is 0.282. The van der Waals surface area contributed by atoms with Crippen LogP contribution in [0.1, 0.15) is 22.5 Å². The molecule has 0 saturated carbocycles. The molecule has 30 heavy (non-hydrogen) atoms. The van der Waals surface area contributed by atoms with Gasteiger partial charge >= 0.3 is 0 Å². The number of nitrogens with zero attached hydrogens (tertiary/aromatic N) is 3. The summed E-state index contributed by atoms with van der Waals surface area (Å²) in [5.74, 6) is 0.499. The molecular formula is C23H24FN5O. The Hall–Kier alpha value is -3.45. The standard InChI is InChI=1S/C23H24FN5O/c1-15-22(16(2)27-26-15)13-25-12-18-14-29(20-7-9-21(30-3)10-8-20)28-23(18)17-5-4-6-19(24)11-17/h4-11,14,25H,12-13H2,1-3H3,(H,26,27). The van der Waals surface area contributed by atoms with E-state index >= 15 is 0 Å². The Labute approximate surface area is 174 Å². The zero-order chi connectivity index (χ0) is 21.1. The van der Waals surface area contributed by atoms with Crippen LogP contribution in [-0.2, 0) is 13.1 Å². The Kier molecular flexibility index (Phi) is 5.63. The van der Waals surface area contributed by atoms with Crippen LogP contribution in [-0.4, -0.2) is 27.1 Å². The smallest absolute Gasteiger partial charge is 0.123 e. The van der Waals surface area contributed by atoms with Crippen molar-refractivity contribution in [3.63, 3.8) is 0 Å². The Morgan fingerprint density at radius 1 is 1.10 bits per heavy atom. The van der Waals surface area contributed by atoms with Gasteiger partial charge in [0.15, 0.2) is 0 Å². The van der Waals surface area contributed by atoms with Gasteiger partial charge in [-0.05, 0) is 50.2 Å². The summed E-state index contributed by atoms with van der Waals surface area (Å²) in [7, 11) is 1.64. The molecule has 2 aromatic heterocycles. The minimum Gasteiger partial charge on any atom is -0.497 e. The monoisotopic (exact) mass is 405 g/mol. The van der Waals surface area contributed by atoms with Crippen LogP contribution >= 0.6 is 0 Å². The maximum atomic E-state index is 13.8. The van der Waals surface area contributed by atoms with Gasteiger partial charge in [-0.2, -0.15) is 10.2 Å². The zero-order valence-corrected chi connectivity index (χ0v) is 17.2. The van der Waals surface area contributed by atoms with E-state index in [9.17, 15) is 4.39 Å². The van der Waals surface area contributed by atoms with Gasteiger partial charge in [-0.15, -0.1) is 0 Å². The highest BCUT2D eigenvalue weighted by Crippen LogP contribution is 2.25. The summed E-state index contributed by atoms with van der Waals surface area (Å²) in [5.41, 5.74) is 6.58. The highest BCUT2D eigenvalue weighted by Gasteiger charge is 2.14. The fraction of sp³-hybridized carbons (Fsp3) is 0.217. The number of methoxy groups -OCH3 is 1. The van der Waals surface area contributed by atoms with Crippen molar-refractivity contribution in [2.45, 2.75) is 26.9 Å². The van der Waals surface area contributed by atoms with E-state index in [-0.39, 0.29) is 5.82 Å². The average Bonchev–Trinajstić information content (AvgIpc) is 3.32. The summed E-state index contributed by atoms with van der Waals surface area (Å²) in [6, 6.07) is 14.2. The highest BCUT2D eigenvalue weighted by atomic mass is 19.1. The van der Waals surface area contributed by atoms with E-state index in [1.54, 1.807) is 13.2 Å². The molecule has 0 radical (unpaired) electrons. The van der Waals surface area contributed by atoms with E-state index in [1.165, 1.54) is 12.1 Å². The second-order valence-electron chi connectivity index (χ2n) is 7.17. The molecule has 0 bridgehead atoms. The van der Waals surface area contributed by atoms with E-state index in [4.69, 9.17) is 9.84 Å². The largest absolute Gasteiger partial charge is 0.497 e. The Balaban J connectivity index is 1.63. The normalized spacial score (nSPS) is 11.1. The molecule has 0 unspecified atom stereocenters. The van der Waals surface area contributed by atoms with Gasteiger partial charge in [0.1, 0.15) is 11.6 Å². The van der Waals surface area contributed by atoms with Crippen LogP contribution < -0.4 is 10.1 Å². The number of nitrogens with one attached hydrogen (secondary N) is 2. The van der Waals surface area contributed by atoms with Crippen LogP contribution in [0.5, 0.6) is 5.75 Å². The number of ether oxygens (including phenoxy) is 1. The lowest BCUT2D eigenvalue weighted by Gasteiger charge is -2.06. The molecule has 0 saturated heterocycles. The lowest BCUT2D eigenvalue weighted by Crippen LogP contribution is -2.14. The van der Waals surface area contributed by atoms with Gasteiger partial charge in [-0.3, -0.25) is 5.10 Å². The number of rotatable bonds is 7. The van der Waals surface area contributed by atoms with Crippen molar-refractivity contribution in [2.24, 2.45) is 0 Å². The summed E-state index contributed by atoms with van der Waals surface area (Å²) in [6.07, 6.45) is 1.98. The van der Waals surface area contributed by atoms with Gasteiger partial charge in [0.05, 0.1) is 24.2 Å². The molecule has 0 aliphatic carbocycles. The molecule has 0 fully saturated rings. The molecule has 2 N–H and O–H groups in total. The molecule has 0 spiro atoms. The maximum Gasteiger partial charge on any atom is 0.123 e. The zero-order valence-electron chi connectivity index (χ0n) is 17.2. The first-order chi connectivity index (χ1) is 14.5. The van der Waals surface area contributed by atoms with E-state index < -0.39 is 0 Å². The SMILES string of the molecule is COc1ccc(-n2cc(CNCc3c(C)n[nH]c3C)c(-c3cccc(F)c3)n2)cc1. The van der Waals surface area contributed by atoms with Crippen molar-refractivity contribution >= 4 is 0 Å². The molecule has 4 aromatic rings. The van der Waals surface area contributed by atoms with Crippen molar-refractivity contribution < 1.29 is 9.13 Å². The van der Waals surface area contributed by atoms with E-state index in [0.717, 1.165) is 45.2 Å². The predicted molar refractivity (Wildman–Crippen MR) is 114 cm³/mol. The number of aromatic amines is 1. The summed E-state index contributed by atoms with van der Waals surface area (Å²) in [6.45, 7) is 5.27. The molecule has 0 aliphatic heterocycles. The van der Waals surface area contributed by atoms with Gasteiger partial charge in [0, 0.05) is 41.7 Å². The predicted octanol–water partition coefficient (Wildman–Crippen LogP) is 4.32. The van der Waals surface area contributed by atoms with Gasteiger partial charge in [0.2, 0.25) is 0 Å². The number of hydrogen-bond acceptors (Lipinski definition) is 4. The Morgan fingerprint density at radius 2 is 1.90 bits per heavy atom. The molecule has 0 atom stereocenters. The Bertz CT molecular complexity index is 1130. The second-order valence-corrected chi connectivity index (χ2v) is 7.17. The van der Waals surface area contributed by atoms with Crippen molar-refractivity contribution in [2.75, 3.05) is 7.11 Å². The first kappa shape index (κ1) is 19.8. The summed E-state index contributed by atoms with van der Waals surface area (Å²) in [5, 5.41) is 15.5. The minimum atomic E-state index is -0.282. The van der Waals surface area contributed by atoms with Crippen molar-refractivity contribution in [3.05, 3.63) is 83.1 Å². The Morgan fingerprint density at radius 3 is 2.57 bits per heavy atom. The van der Waals surface area contributed by atoms with E-state index in [2.05, 4.69) is 15.5 Å². The molecule has 2 aromatic carbocycles. The van der Waals surface area contributed by atoms with Crippen LogP contribution in [0.4, 0.5) is 4.39 Å². The lowest BCUT2D eigenvalue weighted by molar-refractivity contribution is 0.414. The van der Waals surface area contributed by atoms with Crippen LogP contribution in [0, 0.1) is 19.7 Å². The fourth-order valence-corrected chi connectivity index (χ4v) is 3.44. The third-order valence-electron chi connectivity index (χ3n) is 5.12. The van der Waals surface area contributed by atoms with Gasteiger partial charge in [0.25, 0.3) is 0 Å². The van der Waals surface area contributed by atoms with Gasteiger partial charge < -0.3 is 10.1 Å². The van der Waals surface area contributed by atoms with Gasteiger partial charge in [-0.1, -0.05) is 12.1 Å². The summed E-state index contributed by atoms with van der Waals surface area (Å²) in [4.78, 5) is 0. The number of H-pyrrole nitrogens is 1. The molecular weight excluding hydrogens is 381 g/mol. The number of hydrogen-bond donors (Lipinski definition) is 2. The second kappa shape index (κ2) is 8.51. The lowest BCUT2D eigenvalue weighted by atomic mass is 10.1. The van der Waals surface area contributed by atoms with Crippen LogP contribution in [0.3, 0.4) is 0 Å². The molecule has 7 heteroatoms. The molecule has 4 rings (SSSR count). The third kappa shape index (κ3) is 4.11. The van der Waals surface area contributed by atoms with Crippen LogP contribution in [0.15, 0.2) is 54.7 Å². The summed E-state index contributed by atoms with van der Waals surface area (Å²) < 4.78 is 20.9. The average molecular weight is 405 g/mol. The molecule has 0 amide bonds.